The first-order valence-electron chi connectivity index (χ1n) is 6.09. The second-order valence-electron chi connectivity index (χ2n) is 4.50. The smallest absolute Gasteiger partial charge is 0.313 e. The second-order valence-corrected chi connectivity index (χ2v) is 4.50. The molecule has 0 radical (unpaired) electrons. The summed E-state index contributed by atoms with van der Waals surface area (Å²) in [5.74, 6) is 0.353. The third kappa shape index (κ3) is 2.89. The molecule has 2 rings (SSSR count). The number of esters is 1. The van der Waals surface area contributed by atoms with Gasteiger partial charge in [-0.1, -0.05) is 0 Å². The lowest BCUT2D eigenvalue weighted by molar-refractivity contribution is -0.139. The summed E-state index contributed by atoms with van der Waals surface area (Å²) in [7, 11) is 2.69. The average Bonchev–Trinajstić information content (AvgIpc) is 3.21. The Balaban J connectivity index is 2.33. The zero-order valence-electron chi connectivity index (χ0n) is 11.2. The molecule has 6 heteroatoms. The number of carbonyl (C=O) groups is 2. The molecule has 19 heavy (non-hydrogen) atoms. The number of Topliss-reactive ketones (excluding diaryl/α,β-unsaturated/α-hetero) is 1. The number of nitrogens with zero attached hydrogens (tertiary/aromatic N) is 2. The molecular weight excluding hydrogens is 248 g/mol. The monoisotopic (exact) mass is 264 g/mol. The number of rotatable bonds is 5. The molecule has 1 aliphatic rings. The van der Waals surface area contributed by atoms with Gasteiger partial charge in [-0.25, -0.2) is 4.98 Å². The van der Waals surface area contributed by atoms with Crippen molar-refractivity contribution in [1.82, 2.24) is 9.97 Å². The van der Waals surface area contributed by atoms with Gasteiger partial charge < -0.3 is 9.47 Å². The van der Waals surface area contributed by atoms with Crippen molar-refractivity contribution in [2.45, 2.75) is 32.1 Å². The highest BCUT2D eigenvalue weighted by Gasteiger charge is 2.30. The number of ether oxygens (including phenoxy) is 2. The van der Waals surface area contributed by atoms with Crippen molar-refractivity contribution in [2.24, 2.45) is 0 Å². The Morgan fingerprint density at radius 2 is 1.95 bits per heavy atom. The van der Waals surface area contributed by atoms with Crippen molar-refractivity contribution in [3.05, 3.63) is 17.1 Å². The Morgan fingerprint density at radius 1 is 1.26 bits per heavy atom. The van der Waals surface area contributed by atoms with Crippen LogP contribution in [0.4, 0.5) is 0 Å². The highest BCUT2D eigenvalue weighted by molar-refractivity contribution is 6.07. The Hall–Kier alpha value is -1.98. The molecular formula is C13H16N2O4. The molecule has 0 bridgehead atoms. The van der Waals surface area contributed by atoms with E-state index in [9.17, 15) is 9.59 Å². The standard InChI is InChI=1S/C13H16N2O4/c1-7-11(9(16)6-10(17)18-2)13(19-3)15-12(14-7)8-4-5-8/h8H,4-6H2,1-3H3. The van der Waals surface area contributed by atoms with Crippen molar-refractivity contribution in [3.8, 4) is 5.88 Å². The van der Waals surface area contributed by atoms with Crippen LogP contribution < -0.4 is 4.74 Å². The summed E-state index contributed by atoms with van der Waals surface area (Å²) in [6, 6.07) is 0. The van der Waals surface area contributed by atoms with E-state index in [2.05, 4.69) is 14.7 Å². The fraction of sp³-hybridized carbons (Fsp3) is 0.538. The van der Waals surface area contributed by atoms with Gasteiger partial charge in [0.2, 0.25) is 5.88 Å². The van der Waals surface area contributed by atoms with Gasteiger partial charge in [0.15, 0.2) is 5.78 Å². The predicted molar refractivity (Wildman–Crippen MR) is 66.3 cm³/mol. The highest BCUT2D eigenvalue weighted by atomic mass is 16.5. The van der Waals surface area contributed by atoms with Crippen molar-refractivity contribution in [1.29, 1.82) is 0 Å². The van der Waals surface area contributed by atoms with Crippen LogP contribution in [0.2, 0.25) is 0 Å². The molecule has 0 N–H and O–H groups in total. The van der Waals surface area contributed by atoms with E-state index in [0.29, 0.717) is 17.4 Å². The van der Waals surface area contributed by atoms with Crippen molar-refractivity contribution >= 4 is 11.8 Å². The van der Waals surface area contributed by atoms with E-state index < -0.39 is 5.97 Å². The summed E-state index contributed by atoms with van der Waals surface area (Å²) in [5.41, 5.74) is 0.806. The first-order chi connectivity index (χ1) is 9.06. The van der Waals surface area contributed by atoms with Crippen LogP contribution in [-0.2, 0) is 9.53 Å². The number of aromatic nitrogens is 2. The largest absolute Gasteiger partial charge is 0.480 e. The van der Waals surface area contributed by atoms with Crippen molar-refractivity contribution in [3.63, 3.8) is 0 Å². The highest BCUT2D eigenvalue weighted by Crippen LogP contribution is 2.39. The van der Waals surface area contributed by atoms with Crippen LogP contribution in [0.5, 0.6) is 5.88 Å². The van der Waals surface area contributed by atoms with Gasteiger partial charge >= 0.3 is 5.97 Å². The minimum atomic E-state index is -0.585. The summed E-state index contributed by atoms with van der Waals surface area (Å²) < 4.78 is 9.64. The minimum absolute atomic E-state index is 0.239. The van der Waals surface area contributed by atoms with Gasteiger partial charge in [0, 0.05) is 5.92 Å². The lowest BCUT2D eigenvalue weighted by Gasteiger charge is -2.10. The Kier molecular flexibility index (Phi) is 3.78. The number of hydrogen-bond acceptors (Lipinski definition) is 6. The number of ketones is 1. The molecule has 0 aromatic carbocycles. The molecule has 0 unspecified atom stereocenters. The normalized spacial score (nSPS) is 14.1. The summed E-state index contributed by atoms with van der Waals surface area (Å²) in [6.45, 7) is 1.72. The van der Waals surface area contributed by atoms with E-state index in [1.165, 1.54) is 14.2 Å². The topological polar surface area (TPSA) is 78.4 Å². The molecule has 0 aliphatic heterocycles. The molecule has 1 heterocycles. The van der Waals surface area contributed by atoms with Gasteiger partial charge in [0.1, 0.15) is 17.8 Å². The van der Waals surface area contributed by atoms with E-state index >= 15 is 0 Å². The molecule has 1 saturated carbocycles. The van der Waals surface area contributed by atoms with Crippen LogP contribution in [0.15, 0.2) is 0 Å². The second kappa shape index (κ2) is 5.34. The maximum absolute atomic E-state index is 12.1. The SMILES string of the molecule is COC(=O)CC(=O)c1c(C)nc(C2CC2)nc1OC. The first kappa shape index (κ1) is 13.5. The molecule has 1 aliphatic carbocycles. The van der Waals surface area contributed by atoms with E-state index in [4.69, 9.17) is 4.74 Å². The molecule has 0 saturated heterocycles. The van der Waals surface area contributed by atoms with Crippen LogP contribution >= 0.6 is 0 Å². The van der Waals surface area contributed by atoms with E-state index in [-0.39, 0.29) is 23.6 Å². The predicted octanol–water partition coefficient (Wildman–Crippen LogP) is 1.42. The van der Waals surface area contributed by atoms with Crippen LogP contribution in [0, 0.1) is 6.92 Å². The van der Waals surface area contributed by atoms with Crippen LogP contribution in [0.3, 0.4) is 0 Å². The lowest BCUT2D eigenvalue weighted by Crippen LogP contribution is -2.14. The number of aryl methyl sites for hydroxylation is 1. The number of carbonyl (C=O) groups excluding carboxylic acids is 2. The molecule has 1 aromatic rings. The Morgan fingerprint density at radius 3 is 2.47 bits per heavy atom. The third-order valence-corrected chi connectivity index (χ3v) is 3.02. The van der Waals surface area contributed by atoms with Crippen LogP contribution in [0.25, 0.3) is 0 Å². The lowest BCUT2D eigenvalue weighted by atomic mass is 10.1. The fourth-order valence-corrected chi connectivity index (χ4v) is 1.85. The molecule has 0 atom stereocenters. The van der Waals surface area contributed by atoms with Crippen LogP contribution in [0.1, 0.15) is 47.1 Å². The molecule has 0 spiro atoms. The Labute approximate surface area is 111 Å². The van der Waals surface area contributed by atoms with Gasteiger partial charge in [-0.2, -0.15) is 4.98 Å². The molecule has 6 nitrogen and oxygen atoms in total. The number of hydrogen-bond donors (Lipinski definition) is 0. The van der Waals surface area contributed by atoms with E-state index in [0.717, 1.165) is 12.8 Å². The average molecular weight is 264 g/mol. The van der Waals surface area contributed by atoms with E-state index in [1.54, 1.807) is 6.92 Å². The fourth-order valence-electron chi connectivity index (χ4n) is 1.85. The summed E-state index contributed by atoms with van der Waals surface area (Å²) in [5, 5.41) is 0. The van der Waals surface area contributed by atoms with Crippen molar-refractivity contribution < 1.29 is 19.1 Å². The van der Waals surface area contributed by atoms with Crippen LogP contribution in [-0.4, -0.2) is 35.9 Å². The summed E-state index contributed by atoms with van der Waals surface area (Å²) in [4.78, 5) is 31.8. The third-order valence-electron chi connectivity index (χ3n) is 3.02. The van der Waals surface area contributed by atoms with Gasteiger partial charge in [-0.05, 0) is 19.8 Å². The van der Waals surface area contributed by atoms with Crippen molar-refractivity contribution in [2.75, 3.05) is 14.2 Å². The molecule has 1 aromatic heterocycles. The summed E-state index contributed by atoms with van der Waals surface area (Å²) in [6.07, 6.45) is 1.80. The zero-order valence-corrected chi connectivity index (χ0v) is 11.2. The number of methoxy groups -OCH3 is 2. The van der Waals surface area contributed by atoms with Gasteiger partial charge in [-0.3, -0.25) is 9.59 Å². The molecule has 102 valence electrons. The zero-order chi connectivity index (χ0) is 14.0. The van der Waals surface area contributed by atoms with Gasteiger partial charge in [0.05, 0.1) is 19.9 Å². The first-order valence-corrected chi connectivity index (χ1v) is 6.09. The Bertz CT molecular complexity index is 524. The molecule has 1 fully saturated rings. The van der Waals surface area contributed by atoms with E-state index in [1.807, 2.05) is 0 Å². The molecule has 0 amide bonds. The quantitative estimate of drug-likeness (QED) is 0.454. The minimum Gasteiger partial charge on any atom is -0.480 e. The van der Waals surface area contributed by atoms with Gasteiger partial charge in [-0.15, -0.1) is 0 Å². The maximum atomic E-state index is 12.1. The van der Waals surface area contributed by atoms with Gasteiger partial charge in [0.25, 0.3) is 0 Å². The maximum Gasteiger partial charge on any atom is 0.313 e. The summed E-state index contributed by atoms with van der Waals surface area (Å²) >= 11 is 0.